The molecule has 0 spiro atoms. The van der Waals surface area contributed by atoms with Gasteiger partial charge in [0, 0.05) is 17.8 Å². The van der Waals surface area contributed by atoms with Crippen molar-refractivity contribution in [2.75, 3.05) is 13.2 Å². The van der Waals surface area contributed by atoms with Gasteiger partial charge < -0.3 is 5.32 Å². The zero-order valence-electron chi connectivity index (χ0n) is 17.3. The van der Waals surface area contributed by atoms with Gasteiger partial charge in [0.05, 0.1) is 11.0 Å². The van der Waals surface area contributed by atoms with Gasteiger partial charge in [-0.3, -0.25) is 9.69 Å². The fourth-order valence-electron chi connectivity index (χ4n) is 3.92. The Balaban J connectivity index is 1.62. The molecule has 31 heavy (non-hydrogen) atoms. The third-order valence-corrected chi connectivity index (χ3v) is 6.77. The lowest BCUT2D eigenvalue weighted by atomic mass is 9.83. The summed E-state index contributed by atoms with van der Waals surface area (Å²) in [7, 11) is 0. The maximum absolute atomic E-state index is 13.7. The summed E-state index contributed by atoms with van der Waals surface area (Å²) in [6.07, 6.45) is 0.394. The minimum Gasteiger partial charge on any atom is -0.319 e. The molecule has 0 radical (unpaired) electrons. The van der Waals surface area contributed by atoms with E-state index in [4.69, 9.17) is 11.6 Å². The summed E-state index contributed by atoms with van der Waals surface area (Å²) in [6, 6.07) is 22.7. The smallest absolute Gasteiger partial charge is 0.319 e. The molecule has 2 heterocycles. The van der Waals surface area contributed by atoms with Crippen molar-refractivity contribution < 1.29 is 9.59 Å². The Kier molecular flexibility index (Phi) is 6.41. The molecular weight excluding hydrogens is 430 g/mol. The van der Waals surface area contributed by atoms with Crippen LogP contribution in [0, 0.1) is 0 Å². The van der Waals surface area contributed by atoms with Crippen molar-refractivity contribution in [2.24, 2.45) is 0 Å². The van der Waals surface area contributed by atoms with Gasteiger partial charge in [-0.25, -0.2) is 9.69 Å². The van der Waals surface area contributed by atoms with Crippen LogP contribution in [0.1, 0.15) is 22.9 Å². The highest BCUT2D eigenvalue weighted by atomic mass is 35.5. The van der Waals surface area contributed by atoms with Crippen LogP contribution < -0.4 is 5.32 Å². The first-order chi connectivity index (χ1) is 15.0. The van der Waals surface area contributed by atoms with Gasteiger partial charge in [-0.15, -0.1) is 11.3 Å². The van der Waals surface area contributed by atoms with Gasteiger partial charge in [-0.2, -0.15) is 0 Å². The molecule has 3 amide bonds. The van der Waals surface area contributed by atoms with Crippen LogP contribution in [0.2, 0.25) is 4.34 Å². The number of benzene rings is 2. The molecule has 1 saturated heterocycles. The molecule has 0 saturated carbocycles. The van der Waals surface area contributed by atoms with Crippen LogP contribution in [0.15, 0.2) is 72.8 Å². The third-order valence-electron chi connectivity index (χ3n) is 5.55. The molecule has 1 aromatic heterocycles. The second kappa shape index (κ2) is 9.22. The van der Waals surface area contributed by atoms with E-state index < -0.39 is 5.54 Å². The molecule has 4 rings (SSSR count). The van der Waals surface area contributed by atoms with Crippen LogP contribution in [0.5, 0.6) is 0 Å². The summed E-state index contributed by atoms with van der Waals surface area (Å²) in [6.45, 7) is 3.56. The van der Waals surface area contributed by atoms with E-state index in [2.05, 4.69) is 10.2 Å². The van der Waals surface area contributed by atoms with E-state index in [9.17, 15) is 9.59 Å². The van der Waals surface area contributed by atoms with Crippen molar-refractivity contribution in [1.29, 1.82) is 0 Å². The third kappa shape index (κ3) is 4.51. The summed E-state index contributed by atoms with van der Waals surface area (Å²) < 4.78 is 0.729. The van der Waals surface area contributed by atoms with E-state index in [1.54, 1.807) is 0 Å². The molecule has 1 fully saturated rings. The molecule has 3 aromatic rings. The Morgan fingerprint density at radius 2 is 1.68 bits per heavy atom. The van der Waals surface area contributed by atoms with Crippen LogP contribution in [-0.2, 0) is 23.3 Å². The molecule has 160 valence electrons. The Hall–Kier alpha value is -2.67. The van der Waals surface area contributed by atoms with E-state index in [1.165, 1.54) is 16.2 Å². The van der Waals surface area contributed by atoms with Gasteiger partial charge in [0.2, 0.25) is 0 Å². The number of halogens is 1. The predicted molar refractivity (Wildman–Crippen MR) is 124 cm³/mol. The van der Waals surface area contributed by atoms with Crippen molar-refractivity contribution in [1.82, 2.24) is 15.1 Å². The maximum Gasteiger partial charge on any atom is 0.326 e. The van der Waals surface area contributed by atoms with Gasteiger partial charge >= 0.3 is 6.03 Å². The quantitative estimate of drug-likeness (QED) is 0.495. The lowest BCUT2D eigenvalue weighted by Gasteiger charge is -2.29. The van der Waals surface area contributed by atoms with Crippen LogP contribution in [0.4, 0.5) is 4.79 Å². The second-order valence-electron chi connectivity index (χ2n) is 7.59. The van der Waals surface area contributed by atoms with Gasteiger partial charge in [0.1, 0.15) is 0 Å². The van der Waals surface area contributed by atoms with Crippen molar-refractivity contribution in [3.63, 3.8) is 0 Å². The molecule has 5 nitrogen and oxygen atoms in total. The van der Waals surface area contributed by atoms with E-state index >= 15 is 0 Å². The number of carbonyl (C=O) groups excluding carboxylic acids is 2. The molecule has 0 aliphatic carbocycles. The molecule has 1 aliphatic rings. The standard InChI is InChI=1S/C24H24ClN3O2S/c1-2-27(16-20-13-14-21(25)31-20)17-28-22(29)24(26-23(28)30,19-11-7-4-8-12-19)15-18-9-5-3-6-10-18/h3-14H,2,15-17H2,1H3,(H,26,30). The molecule has 1 aliphatic heterocycles. The van der Waals surface area contributed by atoms with Crippen LogP contribution in [0.3, 0.4) is 0 Å². The van der Waals surface area contributed by atoms with Crippen molar-refractivity contribution in [3.8, 4) is 0 Å². The second-order valence-corrected chi connectivity index (χ2v) is 9.39. The Morgan fingerprint density at radius 3 is 2.29 bits per heavy atom. The molecule has 1 atom stereocenters. The Bertz CT molecular complexity index is 1060. The fraction of sp³-hybridized carbons (Fsp3) is 0.250. The summed E-state index contributed by atoms with van der Waals surface area (Å²) in [5, 5.41) is 3.02. The highest BCUT2D eigenvalue weighted by molar-refractivity contribution is 7.16. The topological polar surface area (TPSA) is 52.6 Å². The predicted octanol–water partition coefficient (Wildman–Crippen LogP) is 4.87. The lowest BCUT2D eigenvalue weighted by molar-refractivity contribution is -0.133. The first-order valence-corrected chi connectivity index (χ1v) is 11.4. The van der Waals surface area contributed by atoms with Crippen LogP contribution in [0.25, 0.3) is 0 Å². The summed E-state index contributed by atoms with van der Waals surface area (Å²) in [4.78, 5) is 31.3. The minimum absolute atomic E-state index is 0.222. The van der Waals surface area contributed by atoms with Gasteiger partial charge in [0.25, 0.3) is 5.91 Å². The van der Waals surface area contributed by atoms with E-state index in [1.807, 2.05) is 79.7 Å². The number of nitrogens with zero attached hydrogens (tertiary/aromatic N) is 2. The Morgan fingerprint density at radius 1 is 1.00 bits per heavy atom. The van der Waals surface area contributed by atoms with Gasteiger partial charge in [-0.05, 0) is 29.8 Å². The van der Waals surface area contributed by atoms with Crippen molar-refractivity contribution >= 4 is 34.9 Å². The number of thiophene rings is 1. The number of rotatable bonds is 8. The number of hydrogen-bond acceptors (Lipinski definition) is 4. The van der Waals surface area contributed by atoms with Crippen LogP contribution in [-0.4, -0.2) is 35.0 Å². The SMILES string of the molecule is CCN(Cc1ccc(Cl)s1)CN1C(=O)NC(Cc2ccccc2)(c2ccccc2)C1=O. The number of urea groups is 1. The number of imide groups is 1. The van der Waals surface area contributed by atoms with Crippen molar-refractivity contribution in [2.45, 2.75) is 25.4 Å². The highest BCUT2D eigenvalue weighted by Crippen LogP contribution is 2.33. The number of amides is 3. The minimum atomic E-state index is -1.12. The van der Waals surface area contributed by atoms with E-state index in [0.29, 0.717) is 19.5 Å². The number of hydrogen-bond donors (Lipinski definition) is 1. The molecule has 1 unspecified atom stereocenters. The average Bonchev–Trinajstić information content (AvgIpc) is 3.30. The fourth-order valence-corrected chi connectivity index (χ4v) is 5.05. The number of nitrogens with one attached hydrogen (secondary N) is 1. The van der Waals surface area contributed by atoms with Gasteiger partial charge in [0.15, 0.2) is 5.54 Å². The largest absolute Gasteiger partial charge is 0.326 e. The van der Waals surface area contributed by atoms with E-state index in [0.717, 1.165) is 20.3 Å². The molecule has 7 heteroatoms. The summed E-state index contributed by atoms with van der Waals surface area (Å²) >= 11 is 7.57. The van der Waals surface area contributed by atoms with Crippen LogP contribution >= 0.6 is 22.9 Å². The molecule has 0 bridgehead atoms. The van der Waals surface area contributed by atoms with Gasteiger partial charge in [-0.1, -0.05) is 79.2 Å². The normalized spacial score (nSPS) is 18.6. The highest BCUT2D eigenvalue weighted by Gasteiger charge is 2.52. The summed E-state index contributed by atoms with van der Waals surface area (Å²) in [5.74, 6) is -0.227. The first kappa shape index (κ1) is 21.6. The Labute approximate surface area is 191 Å². The zero-order chi connectivity index (χ0) is 21.8. The van der Waals surface area contributed by atoms with Crippen molar-refractivity contribution in [3.05, 3.63) is 93.1 Å². The van der Waals surface area contributed by atoms with E-state index in [-0.39, 0.29) is 18.6 Å². The summed E-state index contributed by atoms with van der Waals surface area (Å²) in [5.41, 5.74) is 0.654. The average molecular weight is 454 g/mol. The maximum atomic E-state index is 13.7. The zero-order valence-corrected chi connectivity index (χ0v) is 18.8. The lowest BCUT2D eigenvalue weighted by Crippen LogP contribution is -2.47. The molecule has 2 aromatic carbocycles. The first-order valence-electron chi connectivity index (χ1n) is 10.2. The monoisotopic (exact) mass is 453 g/mol. The number of carbonyl (C=O) groups is 2. The molecule has 1 N–H and O–H groups in total. The molecular formula is C24H24ClN3O2S.